The van der Waals surface area contributed by atoms with Crippen LogP contribution in [0.2, 0.25) is 0 Å². The highest BCUT2D eigenvalue weighted by Gasteiger charge is 2.40. The predicted octanol–water partition coefficient (Wildman–Crippen LogP) is 5.87. The van der Waals surface area contributed by atoms with Gasteiger partial charge in [-0.2, -0.15) is 5.26 Å². The summed E-state index contributed by atoms with van der Waals surface area (Å²) in [6, 6.07) is 20.1. The van der Waals surface area contributed by atoms with Gasteiger partial charge >= 0.3 is 0 Å². The summed E-state index contributed by atoms with van der Waals surface area (Å²) in [5, 5.41) is 19.6. The van der Waals surface area contributed by atoms with Crippen molar-refractivity contribution in [1.82, 2.24) is 0 Å². The van der Waals surface area contributed by atoms with Crippen molar-refractivity contribution < 1.29 is 28.3 Å². The van der Waals surface area contributed by atoms with E-state index in [2.05, 4.69) is 5.48 Å². The van der Waals surface area contributed by atoms with E-state index in [1.54, 1.807) is 48.5 Å². The number of nitrogens with one attached hydrogen (secondary N) is 1. The molecule has 9 heteroatoms. The molecule has 1 aliphatic carbocycles. The van der Waals surface area contributed by atoms with Gasteiger partial charge in [0.05, 0.1) is 38.4 Å². The molecule has 0 radical (unpaired) electrons. The number of carbonyl (C=O) groups is 2. The number of ketones is 2. The molecule has 0 aliphatic heterocycles. The molecule has 0 bridgehead atoms. The molecule has 5 rings (SSSR count). The van der Waals surface area contributed by atoms with E-state index in [0.29, 0.717) is 4.90 Å². The maximum atomic E-state index is 15.6. The molecule has 2 N–H and O–H groups in total. The molecule has 0 unspecified atom stereocenters. The summed E-state index contributed by atoms with van der Waals surface area (Å²) in [6.45, 7) is 0. The van der Waals surface area contributed by atoms with Crippen LogP contribution >= 0.6 is 11.8 Å². The highest BCUT2D eigenvalue weighted by atomic mass is 32.2. The number of para-hydroxylation sites is 1. The Balaban J connectivity index is 1.60. The molecule has 4 aromatic carbocycles. The van der Waals surface area contributed by atoms with Gasteiger partial charge in [0.2, 0.25) is 11.6 Å². The fraction of sp³-hybridized carbons (Fsp3) is 0. The molecule has 0 saturated heterocycles. The molecule has 0 amide bonds. The van der Waals surface area contributed by atoms with Crippen LogP contribution in [0.15, 0.2) is 82.6 Å². The molecule has 0 heterocycles. The molecule has 6 nitrogen and oxygen atoms in total. The molecule has 1 aliphatic rings. The van der Waals surface area contributed by atoms with E-state index in [-0.39, 0.29) is 21.9 Å². The maximum absolute atomic E-state index is 15.6. The molecular weight excluding hydrogens is 486 g/mol. The molecule has 0 aromatic heterocycles. The lowest BCUT2D eigenvalue weighted by molar-refractivity contribution is 0.0966. The summed E-state index contributed by atoms with van der Waals surface area (Å²) < 4.78 is 30.7. The normalized spacial score (nSPS) is 11.9. The Bertz CT molecular complexity index is 1600. The van der Waals surface area contributed by atoms with Crippen LogP contribution in [0, 0.1) is 23.0 Å². The number of phenols is 1. The van der Waals surface area contributed by atoms with E-state index >= 15 is 8.78 Å². The second-order valence-electron chi connectivity index (χ2n) is 7.69. The average molecular weight is 500 g/mol. The van der Waals surface area contributed by atoms with Crippen molar-refractivity contribution in [2.24, 2.45) is 0 Å². The van der Waals surface area contributed by atoms with Gasteiger partial charge in [0.1, 0.15) is 23.5 Å². The number of carbonyl (C=O) groups excluding carboxylic acids is 2. The third-order valence-electron chi connectivity index (χ3n) is 5.53. The topological polar surface area (TPSA) is 99.4 Å². The van der Waals surface area contributed by atoms with Gasteiger partial charge < -0.3 is 9.94 Å². The first-order valence-corrected chi connectivity index (χ1v) is 11.3. The smallest absolute Gasteiger partial charge is 0.201 e. The summed E-state index contributed by atoms with van der Waals surface area (Å²) in [5.74, 6) is -5.00. The monoisotopic (exact) mass is 500 g/mol. The Morgan fingerprint density at radius 1 is 0.861 bits per heavy atom. The van der Waals surface area contributed by atoms with Crippen molar-refractivity contribution in [3.05, 3.63) is 112 Å². The fourth-order valence-electron chi connectivity index (χ4n) is 3.87. The Morgan fingerprint density at radius 2 is 1.56 bits per heavy atom. The molecule has 36 heavy (non-hydrogen) atoms. The van der Waals surface area contributed by atoms with Crippen molar-refractivity contribution in [3.63, 3.8) is 0 Å². The quantitative estimate of drug-likeness (QED) is 0.291. The minimum Gasteiger partial charge on any atom is -0.507 e. The van der Waals surface area contributed by atoms with Gasteiger partial charge in [-0.1, -0.05) is 42.1 Å². The number of hydrogen-bond donors (Lipinski definition) is 2. The summed E-state index contributed by atoms with van der Waals surface area (Å²) in [4.78, 5) is 32.6. The van der Waals surface area contributed by atoms with Crippen LogP contribution in [0.1, 0.15) is 37.4 Å². The molecular formula is C27H14F2N2O4S. The maximum Gasteiger partial charge on any atom is 0.201 e. The van der Waals surface area contributed by atoms with E-state index in [9.17, 15) is 20.0 Å². The number of benzene rings is 4. The second-order valence-corrected chi connectivity index (χ2v) is 8.80. The average Bonchev–Trinajstić information content (AvgIpc) is 2.89. The van der Waals surface area contributed by atoms with Crippen LogP contribution in [0.4, 0.5) is 14.5 Å². The van der Waals surface area contributed by atoms with Crippen molar-refractivity contribution in [1.29, 1.82) is 5.26 Å². The minimum absolute atomic E-state index is 0.175. The lowest BCUT2D eigenvalue weighted by Crippen LogP contribution is -2.26. The van der Waals surface area contributed by atoms with E-state index in [4.69, 9.17) is 4.84 Å². The zero-order valence-corrected chi connectivity index (χ0v) is 19.0. The fourth-order valence-corrected chi connectivity index (χ4v) is 4.77. The minimum atomic E-state index is -1.08. The molecule has 0 atom stereocenters. The Morgan fingerprint density at radius 3 is 2.31 bits per heavy atom. The first-order valence-electron chi connectivity index (χ1n) is 10.5. The van der Waals surface area contributed by atoms with Crippen LogP contribution in [0.3, 0.4) is 0 Å². The first kappa shape index (κ1) is 23.1. The van der Waals surface area contributed by atoms with E-state index in [0.717, 1.165) is 23.9 Å². The highest BCUT2D eigenvalue weighted by molar-refractivity contribution is 7.99. The lowest BCUT2D eigenvalue weighted by Gasteiger charge is -2.23. The number of halogens is 2. The van der Waals surface area contributed by atoms with Crippen molar-refractivity contribution in [2.75, 3.05) is 5.48 Å². The number of rotatable bonds is 5. The Hall–Kier alpha value is -4.68. The third-order valence-corrected chi connectivity index (χ3v) is 6.55. The SMILES string of the molecule is N#Cc1ccccc1NOc1ccc(O)c2c1C(=O)c1c(F)c(Sc3ccccc3)cc(F)c1C2=O. The van der Waals surface area contributed by atoms with E-state index in [1.807, 2.05) is 6.07 Å². The summed E-state index contributed by atoms with van der Waals surface area (Å²) >= 11 is 0.903. The van der Waals surface area contributed by atoms with Gasteiger partial charge in [-0.3, -0.25) is 9.59 Å². The van der Waals surface area contributed by atoms with Crippen LogP contribution in [0.25, 0.3) is 0 Å². The van der Waals surface area contributed by atoms with Crippen LogP contribution in [-0.4, -0.2) is 16.7 Å². The summed E-state index contributed by atoms with van der Waals surface area (Å²) in [7, 11) is 0. The largest absolute Gasteiger partial charge is 0.507 e. The van der Waals surface area contributed by atoms with Crippen LogP contribution < -0.4 is 10.3 Å². The van der Waals surface area contributed by atoms with Crippen molar-refractivity contribution in [2.45, 2.75) is 9.79 Å². The molecule has 0 fully saturated rings. The Labute approximate surface area is 207 Å². The standard InChI is InChI=1S/C27H14F2N2O4S/c28-16-12-20(36-15-7-2-1-3-8-15)25(29)24-21(16)26(33)22-18(32)10-11-19(23(22)27(24)34)35-31-17-9-5-4-6-14(17)13-30/h1-12,31-32H. The zero-order valence-electron chi connectivity index (χ0n) is 18.2. The summed E-state index contributed by atoms with van der Waals surface area (Å²) in [6.07, 6.45) is 0. The second kappa shape index (κ2) is 9.17. The van der Waals surface area contributed by atoms with Gasteiger partial charge in [0, 0.05) is 4.90 Å². The number of hydrogen-bond acceptors (Lipinski definition) is 7. The number of fused-ring (bicyclic) bond motifs is 2. The molecule has 4 aromatic rings. The summed E-state index contributed by atoms with van der Waals surface area (Å²) in [5.41, 5.74) is 0.649. The van der Waals surface area contributed by atoms with Gasteiger partial charge in [-0.05, 0) is 42.5 Å². The predicted molar refractivity (Wildman–Crippen MR) is 127 cm³/mol. The molecule has 0 saturated carbocycles. The number of nitrogens with zero attached hydrogens (tertiary/aromatic N) is 1. The zero-order chi connectivity index (χ0) is 25.4. The number of anilines is 1. The van der Waals surface area contributed by atoms with Gasteiger partial charge in [0.15, 0.2) is 5.75 Å². The first-order chi connectivity index (χ1) is 17.4. The molecule has 0 spiro atoms. The highest BCUT2D eigenvalue weighted by Crippen LogP contribution is 2.42. The van der Waals surface area contributed by atoms with E-state index < -0.39 is 51.2 Å². The lowest BCUT2D eigenvalue weighted by atomic mass is 9.82. The van der Waals surface area contributed by atoms with Crippen LogP contribution in [-0.2, 0) is 0 Å². The van der Waals surface area contributed by atoms with Crippen LogP contribution in [0.5, 0.6) is 11.5 Å². The van der Waals surface area contributed by atoms with Gasteiger partial charge in [0.25, 0.3) is 0 Å². The van der Waals surface area contributed by atoms with Crippen molar-refractivity contribution in [3.8, 4) is 17.6 Å². The number of nitriles is 1. The third kappa shape index (κ3) is 3.83. The number of aromatic hydroxyl groups is 1. The van der Waals surface area contributed by atoms with Gasteiger partial charge in [-0.25, -0.2) is 14.3 Å². The van der Waals surface area contributed by atoms with Gasteiger partial charge in [-0.15, -0.1) is 0 Å². The van der Waals surface area contributed by atoms with E-state index in [1.165, 1.54) is 12.1 Å². The number of phenolic OH excluding ortho intramolecular Hbond substituents is 1. The molecule has 176 valence electrons. The Kier molecular flexibility index (Phi) is 5.88. The van der Waals surface area contributed by atoms with Crippen molar-refractivity contribution >= 4 is 29.0 Å².